The predicted molar refractivity (Wildman–Crippen MR) is 75.0 cm³/mol. The van der Waals surface area contributed by atoms with Crippen LogP contribution in [0, 0.1) is 6.92 Å². The van der Waals surface area contributed by atoms with E-state index in [2.05, 4.69) is 0 Å². The van der Waals surface area contributed by atoms with Gasteiger partial charge in [-0.25, -0.2) is 4.79 Å². The minimum absolute atomic E-state index is 0.215. The Hall–Kier alpha value is -2.38. The van der Waals surface area contributed by atoms with Crippen LogP contribution in [-0.2, 0) is 9.59 Å². The second-order valence-corrected chi connectivity index (χ2v) is 5.07. The maximum Gasteiger partial charge on any atom is 0.391 e. The average molecular weight is 331 g/mol. The summed E-state index contributed by atoms with van der Waals surface area (Å²) in [6, 6.07) is 4.55. The summed E-state index contributed by atoms with van der Waals surface area (Å²) >= 11 is 0. The van der Waals surface area contributed by atoms with Crippen LogP contribution in [-0.4, -0.2) is 35.0 Å². The number of rotatable bonds is 7. The monoisotopic (exact) mass is 331 g/mol. The lowest BCUT2D eigenvalue weighted by atomic mass is 10.0. The number of Topliss-reactive ketones (excluding diaryl/α,β-unsaturated/α-hetero) is 1. The van der Waals surface area contributed by atoms with Gasteiger partial charge in [-0.2, -0.15) is 13.2 Å². The molecule has 1 amide bonds. The SMILES string of the molecule is Cc1ccc(C(=O)CCC(=O)NC(CC(F)(F)F)C(=O)O)cc1. The first-order chi connectivity index (χ1) is 10.6. The van der Waals surface area contributed by atoms with Crippen molar-refractivity contribution in [3.05, 3.63) is 35.4 Å². The van der Waals surface area contributed by atoms with Crippen LogP contribution < -0.4 is 5.32 Å². The van der Waals surface area contributed by atoms with Gasteiger partial charge in [0.2, 0.25) is 5.91 Å². The minimum atomic E-state index is -4.71. The molecular formula is C15H16F3NO4. The van der Waals surface area contributed by atoms with E-state index in [-0.39, 0.29) is 18.6 Å². The summed E-state index contributed by atoms with van der Waals surface area (Å²) in [7, 11) is 0. The van der Waals surface area contributed by atoms with Gasteiger partial charge in [-0.3, -0.25) is 9.59 Å². The minimum Gasteiger partial charge on any atom is -0.480 e. The van der Waals surface area contributed by atoms with Crippen molar-refractivity contribution in [1.82, 2.24) is 5.32 Å². The molecule has 0 aliphatic carbocycles. The highest BCUT2D eigenvalue weighted by atomic mass is 19.4. The van der Waals surface area contributed by atoms with Crippen LogP contribution in [0.4, 0.5) is 13.2 Å². The largest absolute Gasteiger partial charge is 0.480 e. The van der Waals surface area contributed by atoms with Gasteiger partial charge < -0.3 is 10.4 Å². The molecule has 1 atom stereocenters. The lowest BCUT2D eigenvalue weighted by Gasteiger charge is -2.16. The second kappa shape index (κ2) is 7.75. The predicted octanol–water partition coefficient (Wildman–Crippen LogP) is 2.48. The molecule has 1 unspecified atom stereocenters. The van der Waals surface area contributed by atoms with E-state index in [0.29, 0.717) is 5.56 Å². The zero-order chi connectivity index (χ0) is 17.6. The van der Waals surface area contributed by atoms with Gasteiger partial charge in [0.25, 0.3) is 0 Å². The highest BCUT2D eigenvalue weighted by Crippen LogP contribution is 2.21. The van der Waals surface area contributed by atoms with Crippen LogP contribution in [0.3, 0.4) is 0 Å². The first-order valence-corrected chi connectivity index (χ1v) is 6.77. The van der Waals surface area contributed by atoms with Crippen molar-refractivity contribution in [2.45, 2.75) is 38.4 Å². The van der Waals surface area contributed by atoms with Crippen LogP contribution in [0.25, 0.3) is 0 Å². The van der Waals surface area contributed by atoms with Gasteiger partial charge in [0.05, 0.1) is 6.42 Å². The molecule has 0 aliphatic rings. The third kappa shape index (κ3) is 6.94. The number of carboxylic acid groups (broad SMARTS) is 1. The number of carboxylic acids is 1. The van der Waals surface area contributed by atoms with E-state index in [4.69, 9.17) is 5.11 Å². The Balaban J connectivity index is 2.53. The van der Waals surface area contributed by atoms with Crippen molar-refractivity contribution in [3.63, 3.8) is 0 Å². The zero-order valence-electron chi connectivity index (χ0n) is 12.3. The Morgan fingerprint density at radius 3 is 2.17 bits per heavy atom. The summed E-state index contributed by atoms with van der Waals surface area (Å²) in [4.78, 5) is 34.1. The summed E-state index contributed by atoms with van der Waals surface area (Å²) < 4.78 is 36.6. The summed E-state index contributed by atoms with van der Waals surface area (Å²) in [6.45, 7) is 1.84. The van der Waals surface area contributed by atoms with Gasteiger partial charge in [0.1, 0.15) is 6.04 Å². The van der Waals surface area contributed by atoms with Gasteiger partial charge >= 0.3 is 12.1 Å². The van der Waals surface area contributed by atoms with Gasteiger partial charge in [0.15, 0.2) is 5.78 Å². The fraction of sp³-hybridized carbons (Fsp3) is 0.400. The normalized spacial score (nSPS) is 12.5. The van der Waals surface area contributed by atoms with Crippen molar-refractivity contribution >= 4 is 17.7 Å². The van der Waals surface area contributed by atoms with Crippen LogP contribution in [0.5, 0.6) is 0 Å². The van der Waals surface area contributed by atoms with E-state index >= 15 is 0 Å². The summed E-state index contributed by atoms with van der Waals surface area (Å²) in [5.41, 5.74) is 1.34. The fourth-order valence-corrected chi connectivity index (χ4v) is 1.81. The zero-order valence-corrected chi connectivity index (χ0v) is 12.3. The van der Waals surface area contributed by atoms with E-state index in [1.807, 2.05) is 6.92 Å². The number of amides is 1. The van der Waals surface area contributed by atoms with Crippen molar-refractivity contribution in [1.29, 1.82) is 0 Å². The van der Waals surface area contributed by atoms with Crippen molar-refractivity contribution in [2.24, 2.45) is 0 Å². The van der Waals surface area contributed by atoms with Crippen LogP contribution >= 0.6 is 0 Å². The Kier molecular flexibility index (Phi) is 6.29. The fourth-order valence-electron chi connectivity index (χ4n) is 1.81. The first kappa shape index (κ1) is 18.7. The molecule has 8 heteroatoms. The maximum absolute atomic E-state index is 12.2. The van der Waals surface area contributed by atoms with Gasteiger partial charge in [0, 0.05) is 18.4 Å². The lowest BCUT2D eigenvalue weighted by Crippen LogP contribution is -2.43. The summed E-state index contributed by atoms with van der Waals surface area (Å²) in [6.07, 6.45) is -6.98. The Labute approximate surface area is 130 Å². The summed E-state index contributed by atoms with van der Waals surface area (Å²) in [5.74, 6) is -3.04. The van der Waals surface area contributed by atoms with Crippen LogP contribution in [0.1, 0.15) is 35.2 Å². The standard InChI is InChI=1S/C15H16F3NO4/c1-9-2-4-10(5-3-9)12(20)6-7-13(21)19-11(14(22)23)8-15(16,17)18/h2-5,11H,6-8H2,1H3,(H,19,21)(H,22,23). The van der Waals surface area contributed by atoms with E-state index in [1.165, 1.54) is 0 Å². The number of ketones is 1. The molecule has 1 aromatic rings. The van der Waals surface area contributed by atoms with E-state index in [1.54, 1.807) is 29.6 Å². The molecule has 0 aromatic heterocycles. The number of nitrogens with one attached hydrogen (secondary N) is 1. The third-order valence-corrected chi connectivity index (χ3v) is 3.02. The molecule has 0 radical (unpaired) electrons. The Morgan fingerprint density at radius 2 is 1.70 bits per heavy atom. The molecule has 0 spiro atoms. The highest BCUT2D eigenvalue weighted by Gasteiger charge is 2.36. The molecule has 0 bridgehead atoms. The molecule has 0 saturated heterocycles. The van der Waals surface area contributed by atoms with Crippen LogP contribution in [0.15, 0.2) is 24.3 Å². The average Bonchev–Trinajstić information content (AvgIpc) is 2.43. The van der Waals surface area contributed by atoms with Crippen molar-refractivity contribution < 1.29 is 32.7 Å². The summed E-state index contributed by atoms with van der Waals surface area (Å²) in [5, 5.41) is 10.5. The quantitative estimate of drug-likeness (QED) is 0.752. The molecule has 0 aliphatic heterocycles. The number of hydrogen-bond donors (Lipinski definition) is 2. The van der Waals surface area contributed by atoms with E-state index in [0.717, 1.165) is 5.56 Å². The van der Waals surface area contributed by atoms with Crippen LogP contribution in [0.2, 0.25) is 0 Å². The highest BCUT2D eigenvalue weighted by molar-refractivity contribution is 5.98. The molecule has 0 fully saturated rings. The number of carbonyl (C=O) groups is 3. The number of aryl methyl sites for hydroxylation is 1. The first-order valence-electron chi connectivity index (χ1n) is 6.77. The van der Waals surface area contributed by atoms with Gasteiger partial charge in [-0.05, 0) is 6.92 Å². The number of halogens is 3. The Morgan fingerprint density at radius 1 is 1.13 bits per heavy atom. The molecule has 5 nitrogen and oxygen atoms in total. The number of hydrogen-bond acceptors (Lipinski definition) is 3. The van der Waals surface area contributed by atoms with E-state index < -0.39 is 30.5 Å². The molecule has 1 rings (SSSR count). The molecule has 1 aromatic carbocycles. The smallest absolute Gasteiger partial charge is 0.391 e. The molecule has 0 heterocycles. The molecular weight excluding hydrogens is 315 g/mol. The van der Waals surface area contributed by atoms with Crippen molar-refractivity contribution in [3.8, 4) is 0 Å². The second-order valence-electron chi connectivity index (χ2n) is 5.07. The van der Waals surface area contributed by atoms with E-state index in [9.17, 15) is 27.6 Å². The molecule has 0 saturated carbocycles. The number of aliphatic carboxylic acids is 1. The van der Waals surface area contributed by atoms with Gasteiger partial charge in [-0.1, -0.05) is 29.8 Å². The number of alkyl halides is 3. The Bertz CT molecular complexity index is 581. The molecule has 2 N–H and O–H groups in total. The third-order valence-electron chi connectivity index (χ3n) is 3.02. The van der Waals surface area contributed by atoms with Gasteiger partial charge in [-0.15, -0.1) is 0 Å². The van der Waals surface area contributed by atoms with Crippen molar-refractivity contribution in [2.75, 3.05) is 0 Å². The number of benzene rings is 1. The topological polar surface area (TPSA) is 83.5 Å². The number of carbonyl (C=O) groups excluding carboxylic acids is 2. The molecule has 126 valence electrons. The molecule has 23 heavy (non-hydrogen) atoms. The lowest BCUT2D eigenvalue weighted by molar-refractivity contribution is -0.160. The maximum atomic E-state index is 12.2.